The van der Waals surface area contributed by atoms with Crippen molar-refractivity contribution in [2.24, 2.45) is 0 Å². The van der Waals surface area contributed by atoms with Gasteiger partial charge in [0.05, 0.1) is 24.7 Å². The lowest BCUT2D eigenvalue weighted by Gasteiger charge is -2.42. The van der Waals surface area contributed by atoms with Crippen molar-refractivity contribution in [1.82, 2.24) is 9.88 Å². The van der Waals surface area contributed by atoms with E-state index >= 15 is 0 Å². The molecule has 1 saturated carbocycles. The van der Waals surface area contributed by atoms with Crippen LogP contribution in [0.3, 0.4) is 0 Å². The molecule has 1 N–H and O–H groups in total. The Morgan fingerprint density at radius 2 is 1.87 bits per heavy atom. The highest BCUT2D eigenvalue weighted by Gasteiger charge is 2.53. The number of methoxy groups -OCH3 is 1. The van der Waals surface area contributed by atoms with Crippen LogP contribution in [0, 0.1) is 0 Å². The molecule has 2 saturated heterocycles. The number of carbonyl (C=O) groups excluding carboxylic acids is 1. The number of hydrogen-bond acceptors (Lipinski definition) is 6. The minimum Gasteiger partial charge on any atom is -0.497 e. The minimum absolute atomic E-state index is 0.248. The van der Waals surface area contributed by atoms with Crippen LogP contribution in [0.5, 0.6) is 5.75 Å². The molecule has 3 aliphatic rings. The SMILES string of the molecule is COc1ccc(C2(C(=O)N3CCC4(CC3)C[C@](O)(c3nccs3)CO4)CCCC2)cc1. The van der Waals surface area contributed by atoms with Gasteiger partial charge in [-0.2, -0.15) is 0 Å². The molecule has 1 amide bonds. The van der Waals surface area contributed by atoms with E-state index in [1.165, 1.54) is 11.3 Å². The fourth-order valence-electron chi connectivity index (χ4n) is 5.75. The summed E-state index contributed by atoms with van der Waals surface area (Å²) in [5.41, 5.74) is -0.683. The number of piperidine rings is 1. The molecule has 6 nitrogen and oxygen atoms in total. The summed E-state index contributed by atoms with van der Waals surface area (Å²) in [6.07, 6.45) is 7.76. The zero-order chi connectivity index (χ0) is 21.5. The first-order valence-corrected chi connectivity index (χ1v) is 12.1. The van der Waals surface area contributed by atoms with E-state index in [-0.39, 0.29) is 18.1 Å². The molecule has 0 unspecified atom stereocenters. The third kappa shape index (κ3) is 3.56. The van der Waals surface area contributed by atoms with Gasteiger partial charge in [-0.15, -0.1) is 11.3 Å². The van der Waals surface area contributed by atoms with Crippen molar-refractivity contribution in [1.29, 1.82) is 0 Å². The molecule has 3 fully saturated rings. The zero-order valence-electron chi connectivity index (χ0n) is 18.0. The molecule has 1 spiro atoms. The first kappa shape index (κ1) is 20.9. The Balaban J connectivity index is 1.30. The van der Waals surface area contributed by atoms with Crippen molar-refractivity contribution < 1.29 is 19.4 Å². The molecule has 2 aromatic rings. The number of carbonyl (C=O) groups is 1. The second-order valence-electron chi connectivity index (χ2n) is 9.33. The van der Waals surface area contributed by atoms with Gasteiger partial charge in [-0.05, 0) is 43.4 Å². The number of likely N-dealkylation sites (tertiary alicyclic amines) is 1. The second kappa shape index (κ2) is 7.87. The number of aliphatic hydroxyl groups is 1. The first-order chi connectivity index (χ1) is 15.0. The van der Waals surface area contributed by atoms with Gasteiger partial charge in [0.25, 0.3) is 0 Å². The normalized spacial score (nSPS) is 27.0. The first-order valence-electron chi connectivity index (χ1n) is 11.2. The smallest absolute Gasteiger partial charge is 0.233 e. The van der Waals surface area contributed by atoms with Crippen LogP contribution in [-0.4, -0.2) is 53.3 Å². The number of nitrogens with zero attached hydrogens (tertiary/aromatic N) is 2. The maximum Gasteiger partial charge on any atom is 0.233 e. The summed E-state index contributed by atoms with van der Waals surface area (Å²) in [6.45, 7) is 1.62. The largest absolute Gasteiger partial charge is 0.497 e. The van der Waals surface area contributed by atoms with E-state index in [1.807, 2.05) is 22.4 Å². The molecule has 5 rings (SSSR count). The van der Waals surface area contributed by atoms with Gasteiger partial charge in [0, 0.05) is 31.1 Å². The maximum absolute atomic E-state index is 13.8. The summed E-state index contributed by atoms with van der Waals surface area (Å²) in [6, 6.07) is 8.03. The van der Waals surface area contributed by atoms with Crippen LogP contribution in [0.25, 0.3) is 0 Å². The Bertz CT molecular complexity index is 916. The van der Waals surface area contributed by atoms with Crippen molar-refractivity contribution in [2.45, 2.75) is 61.6 Å². The van der Waals surface area contributed by atoms with Crippen molar-refractivity contribution in [3.8, 4) is 5.75 Å². The molecule has 1 atom stereocenters. The van der Waals surface area contributed by atoms with Crippen LogP contribution in [-0.2, 0) is 20.5 Å². The molecule has 1 aromatic carbocycles. The molecule has 0 radical (unpaired) electrons. The van der Waals surface area contributed by atoms with Gasteiger partial charge in [-0.1, -0.05) is 25.0 Å². The summed E-state index contributed by atoms with van der Waals surface area (Å²) in [7, 11) is 1.66. The molecule has 1 aliphatic carbocycles. The Kier molecular flexibility index (Phi) is 5.31. The highest BCUT2D eigenvalue weighted by molar-refractivity contribution is 7.09. The van der Waals surface area contributed by atoms with Crippen LogP contribution in [0.2, 0.25) is 0 Å². The van der Waals surface area contributed by atoms with E-state index in [1.54, 1.807) is 13.3 Å². The Morgan fingerprint density at radius 3 is 2.48 bits per heavy atom. The van der Waals surface area contributed by atoms with E-state index < -0.39 is 11.0 Å². The third-order valence-electron chi connectivity index (χ3n) is 7.53. The fraction of sp³-hybridized carbons (Fsp3) is 0.583. The average Bonchev–Trinajstić information content (AvgIpc) is 3.56. The van der Waals surface area contributed by atoms with Crippen LogP contribution in [0.1, 0.15) is 55.5 Å². The fourth-order valence-corrected chi connectivity index (χ4v) is 6.48. The van der Waals surface area contributed by atoms with E-state index in [0.717, 1.165) is 54.8 Å². The molecule has 31 heavy (non-hydrogen) atoms. The number of rotatable bonds is 4. The predicted octanol–water partition coefficient (Wildman–Crippen LogP) is 3.63. The number of hydrogen-bond donors (Lipinski definition) is 1. The minimum atomic E-state index is -1.00. The lowest BCUT2D eigenvalue weighted by Crippen LogP contribution is -2.52. The van der Waals surface area contributed by atoms with Crippen LogP contribution in [0.15, 0.2) is 35.8 Å². The monoisotopic (exact) mass is 442 g/mol. The summed E-state index contributed by atoms with van der Waals surface area (Å²) >= 11 is 1.47. The molecular weight excluding hydrogens is 412 g/mol. The van der Waals surface area contributed by atoms with E-state index in [9.17, 15) is 9.90 Å². The van der Waals surface area contributed by atoms with Gasteiger partial charge >= 0.3 is 0 Å². The second-order valence-corrected chi connectivity index (χ2v) is 10.2. The van der Waals surface area contributed by atoms with Gasteiger partial charge in [0.15, 0.2) is 0 Å². The lowest BCUT2D eigenvalue weighted by molar-refractivity contribution is -0.142. The van der Waals surface area contributed by atoms with E-state index in [2.05, 4.69) is 17.1 Å². The Hall–Kier alpha value is -1.96. The average molecular weight is 443 g/mol. The van der Waals surface area contributed by atoms with Gasteiger partial charge < -0.3 is 19.5 Å². The molecule has 0 bridgehead atoms. The summed E-state index contributed by atoms with van der Waals surface area (Å²) < 4.78 is 11.5. The number of thiazole rings is 1. The molecular formula is C24H30N2O4S. The molecule has 1 aromatic heterocycles. The van der Waals surface area contributed by atoms with Crippen LogP contribution >= 0.6 is 11.3 Å². The number of aromatic nitrogens is 1. The van der Waals surface area contributed by atoms with Crippen LogP contribution < -0.4 is 4.74 Å². The maximum atomic E-state index is 13.8. The highest BCUT2D eigenvalue weighted by Crippen LogP contribution is 2.48. The number of ether oxygens (including phenoxy) is 2. The van der Waals surface area contributed by atoms with Crippen molar-refractivity contribution >= 4 is 17.2 Å². The van der Waals surface area contributed by atoms with Crippen molar-refractivity contribution in [2.75, 3.05) is 26.8 Å². The van der Waals surface area contributed by atoms with Crippen molar-refractivity contribution in [3.05, 3.63) is 46.4 Å². The van der Waals surface area contributed by atoms with Crippen LogP contribution in [0.4, 0.5) is 0 Å². The summed E-state index contributed by atoms with van der Waals surface area (Å²) in [5, 5.41) is 13.7. The summed E-state index contributed by atoms with van der Waals surface area (Å²) in [5.74, 6) is 1.06. The number of benzene rings is 1. The molecule has 166 valence electrons. The van der Waals surface area contributed by atoms with Gasteiger partial charge in [0.2, 0.25) is 5.91 Å². The lowest BCUT2D eigenvalue weighted by atomic mass is 9.76. The summed E-state index contributed by atoms with van der Waals surface area (Å²) in [4.78, 5) is 20.1. The predicted molar refractivity (Wildman–Crippen MR) is 118 cm³/mol. The number of amides is 1. The standard InChI is InChI=1S/C24H30N2O4S/c1-29-19-6-4-18(5-7-19)23(8-2-3-9-23)21(27)26-13-10-22(11-14-26)16-24(28,17-30-22)20-25-12-15-31-20/h4-7,12,15,28H,2-3,8-11,13-14,16-17H2,1H3/t24-/m1/s1. The topological polar surface area (TPSA) is 71.9 Å². The molecule has 3 heterocycles. The Labute approximate surface area is 187 Å². The Morgan fingerprint density at radius 1 is 1.16 bits per heavy atom. The highest BCUT2D eigenvalue weighted by atomic mass is 32.1. The van der Waals surface area contributed by atoms with E-state index in [0.29, 0.717) is 19.5 Å². The zero-order valence-corrected chi connectivity index (χ0v) is 18.8. The molecule has 7 heteroatoms. The van der Waals surface area contributed by atoms with Gasteiger partial charge in [-0.3, -0.25) is 4.79 Å². The van der Waals surface area contributed by atoms with Gasteiger partial charge in [0.1, 0.15) is 16.4 Å². The van der Waals surface area contributed by atoms with Crippen molar-refractivity contribution in [3.63, 3.8) is 0 Å². The molecule has 2 aliphatic heterocycles. The third-order valence-corrected chi connectivity index (χ3v) is 8.50. The quantitative estimate of drug-likeness (QED) is 0.783. The van der Waals surface area contributed by atoms with E-state index in [4.69, 9.17) is 9.47 Å². The van der Waals surface area contributed by atoms with Gasteiger partial charge in [-0.25, -0.2) is 4.98 Å².